The summed E-state index contributed by atoms with van der Waals surface area (Å²) in [4.78, 5) is 0. The maximum atomic E-state index is 12.4. The monoisotopic (exact) mass is 281 g/mol. The Morgan fingerprint density at radius 2 is 1.89 bits per heavy atom. The summed E-state index contributed by atoms with van der Waals surface area (Å²) >= 11 is 0. The zero-order valence-electron chi connectivity index (χ0n) is 13.0. The first-order valence-corrected chi connectivity index (χ1v) is 8.26. The van der Waals surface area contributed by atoms with Crippen LogP contribution in [0.3, 0.4) is 0 Å². The van der Waals surface area contributed by atoms with Gasteiger partial charge < -0.3 is 5.32 Å². The van der Waals surface area contributed by atoms with Crippen molar-refractivity contribution in [2.45, 2.75) is 52.3 Å². The van der Waals surface area contributed by atoms with E-state index in [0.717, 1.165) is 6.54 Å². The molecule has 2 unspecified atom stereocenters. The van der Waals surface area contributed by atoms with E-state index >= 15 is 0 Å². The molecule has 2 atom stereocenters. The van der Waals surface area contributed by atoms with E-state index in [1.807, 2.05) is 20.8 Å². The van der Waals surface area contributed by atoms with Gasteiger partial charge in [-0.15, -0.1) is 0 Å². The topological polar surface area (TPSA) is 29.1 Å². The SMILES string of the molecule is CCNC(CS(=O)C(C)(C)C)c1cc(C)ccc1C. The Hall–Kier alpha value is -0.670. The van der Waals surface area contributed by atoms with Gasteiger partial charge in [0.25, 0.3) is 0 Å². The average Bonchev–Trinajstić information content (AvgIpc) is 2.30. The Kier molecular flexibility index (Phi) is 5.75. The summed E-state index contributed by atoms with van der Waals surface area (Å²) in [5.74, 6) is 0.668. The number of rotatable bonds is 5. The van der Waals surface area contributed by atoms with E-state index < -0.39 is 10.8 Å². The Labute approximate surface area is 120 Å². The van der Waals surface area contributed by atoms with E-state index in [-0.39, 0.29) is 10.8 Å². The first kappa shape index (κ1) is 16.4. The molecule has 1 aromatic carbocycles. The molecule has 0 bridgehead atoms. The summed E-state index contributed by atoms with van der Waals surface area (Å²) in [5.41, 5.74) is 3.80. The van der Waals surface area contributed by atoms with Crippen LogP contribution in [0.4, 0.5) is 0 Å². The molecule has 0 heterocycles. The van der Waals surface area contributed by atoms with Gasteiger partial charge in [-0.25, -0.2) is 0 Å². The zero-order valence-corrected chi connectivity index (χ0v) is 13.9. The summed E-state index contributed by atoms with van der Waals surface area (Å²) in [5, 5.41) is 3.48. The zero-order chi connectivity index (χ0) is 14.6. The summed E-state index contributed by atoms with van der Waals surface area (Å²) in [6.07, 6.45) is 0. The lowest BCUT2D eigenvalue weighted by atomic mass is 10.00. The predicted octanol–water partition coefficient (Wildman–Crippen LogP) is 3.50. The Balaban J connectivity index is 3.00. The van der Waals surface area contributed by atoms with Crippen LogP contribution < -0.4 is 5.32 Å². The minimum atomic E-state index is -0.847. The van der Waals surface area contributed by atoms with Crippen LogP contribution in [0.5, 0.6) is 0 Å². The molecule has 0 aliphatic carbocycles. The van der Waals surface area contributed by atoms with Crippen LogP contribution in [0.2, 0.25) is 0 Å². The third kappa shape index (κ3) is 4.73. The number of nitrogens with one attached hydrogen (secondary N) is 1. The second kappa shape index (κ2) is 6.67. The summed E-state index contributed by atoms with van der Waals surface area (Å²) in [7, 11) is -0.847. The minimum absolute atomic E-state index is 0.161. The van der Waals surface area contributed by atoms with Crippen molar-refractivity contribution in [1.29, 1.82) is 0 Å². The molecule has 108 valence electrons. The molecule has 1 aromatic rings. The number of aryl methyl sites for hydroxylation is 2. The molecule has 0 spiro atoms. The summed E-state index contributed by atoms with van der Waals surface area (Å²) < 4.78 is 12.2. The fraction of sp³-hybridized carbons (Fsp3) is 0.625. The number of benzene rings is 1. The normalized spacial score (nSPS) is 15.3. The molecule has 0 saturated carbocycles. The lowest BCUT2D eigenvalue weighted by molar-refractivity contribution is 0.581. The standard InChI is InChI=1S/C16H27NOS/c1-7-17-15(11-19(18)16(4,5)6)14-10-12(2)8-9-13(14)3/h8-10,15,17H,7,11H2,1-6H3. The highest BCUT2D eigenvalue weighted by Gasteiger charge is 2.24. The summed E-state index contributed by atoms with van der Waals surface area (Å²) in [6, 6.07) is 6.66. The van der Waals surface area contributed by atoms with Crippen LogP contribution in [0.15, 0.2) is 18.2 Å². The Morgan fingerprint density at radius 3 is 2.42 bits per heavy atom. The smallest absolute Gasteiger partial charge is 0.0439 e. The van der Waals surface area contributed by atoms with Crippen molar-refractivity contribution >= 4 is 10.8 Å². The fourth-order valence-corrected chi connectivity index (χ4v) is 3.14. The minimum Gasteiger partial charge on any atom is -0.309 e. The van der Waals surface area contributed by atoms with Crippen molar-refractivity contribution in [3.05, 3.63) is 34.9 Å². The molecule has 0 radical (unpaired) electrons. The van der Waals surface area contributed by atoms with Gasteiger partial charge in [0.05, 0.1) is 0 Å². The Bertz CT molecular complexity index is 449. The first-order chi connectivity index (χ1) is 8.75. The summed E-state index contributed by atoms with van der Waals surface area (Å²) in [6.45, 7) is 13.3. The number of hydrogen-bond acceptors (Lipinski definition) is 2. The van der Waals surface area contributed by atoms with E-state index in [1.165, 1.54) is 16.7 Å². The van der Waals surface area contributed by atoms with Crippen LogP contribution in [0.25, 0.3) is 0 Å². The molecular weight excluding hydrogens is 254 g/mol. The van der Waals surface area contributed by atoms with E-state index in [0.29, 0.717) is 5.75 Å². The highest BCUT2D eigenvalue weighted by Crippen LogP contribution is 2.23. The third-order valence-corrected chi connectivity index (χ3v) is 5.26. The molecule has 19 heavy (non-hydrogen) atoms. The molecule has 0 aromatic heterocycles. The van der Waals surface area contributed by atoms with Gasteiger partial charge in [-0.3, -0.25) is 4.21 Å². The molecule has 3 heteroatoms. The molecule has 0 aliphatic rings. The quantitative estimate of drug-likeness (QED) is 0.895. The highest BCUT2D eigenvalue weighted by molar-refractivity contribution is 7.86. The first-order valence-electron chi connectivity index (χ1n) is 6.94. The van der Waals surface area contributed by atoms with Crippen molar-refractivity contribution in [2.24, 2.45) is 0 Å². The van der Waals surface area contributed by atoms with Gasteiger partial charge in [0.15, 0.2) is 0 Å². The van der Waals surface area contributed by atoms with Crippen LogP contribution in [0.1, 0.15) is 50.4 Å². The molecule has 1 N–H and O–H groups in total. The van der Waals surface area contributed by atoms with Crippen molar-refractivity contribution in [1.82, 2.24) is 5.32 Å². The predicted molar refractivity (Wildman–Crippen MR) is 85.1 cm³/mol. The van der Waals surface area contributed by atoms with E-state index in [2.05, 4.69) is 44.3 Å². The van der Waals surface area contributed by atoms with Crippen LogP contribution in [-0.4, -0.2) is 21.3 Å². The number of hydrogen-bond donors (Lipinski definition) is 1. The molecule has 0 fully saturated rings. The van der Waals surface area contributed by atoms with Gasteiger partial charge in [0.2, 0.25) is 0 Å². The third-order valence-electron chi connectivity index (χ3n) is 3.26. The lowest BCUT2D eigenvalue weighted by Crippen LogP contribution is -2.33. The van der Waals surface area contributed by atoms with Gasteiger partial charge >= 0.3 is 0 Å². The van der Waals surface area contributed by atoms with Gasteiger partial charge in [-0.1, -0.05) is 30.7 Å². The average molecular weight is 281 g/mol. The molecule has 0 amide bonds. The van der Waals surface area contributed by atoms with Gasteiger partial charge in [0, 0.05) is 27.3 Å². The maximum absolute atomic E-state index is 12.4. The second-order valence-corrected chi connectivity index (χ2v) is 8.34. The van der Waals surface area contributed by atoms with Crippen molar-refractivity contribution in [3.63, 3.8) is 0 Å². The van der Waals surface area contributed by atoms with E-state index in [9.17, 15) is 4.21 Å². The van der Waals surface area contributed by atoms with Crippen molar-refractivity contribution in [3.8, 4) is 0 Å². The van der Waals surface area contributed by atoms with Crippen molar-refractivity contribution < 1.29 is 4.21 Å². The highest BCUT2D eigenvalue weighted by atomic mass is 32.2. The molecule has 1 rings (SSSR count). The van der Waals surface area contributed by atoms with Crippen LogP contribution in [-0.2, 0) is 10.8 Å². The molecular formula is C16H27NOS. The molecule has 0 aliphatic heterocycles. The van der Waals surface area contributed by atoms with Gasteiger partial charge in [-0.05, 0) is 52.3 Å². The maximum Gasteiger partial charge on any atom is 0.0439 e. The molecule has 0 saturated heterocycles. The van der Waals surface area contributed by atoms with Crippen LogP contribution in [0, 0.1) is 13.8 Å². The van der Waals surface area contributed by atoms with Gasteiger partial charge in [-0.2, -0.15) is 0 Å². The Morgan fingerprint density at radius 1 is 1.26 bits per heavy atom. The second-order valence-electron chi connectivity index (χ2n) is 6.09. The van der Waals surface area contributed by atoms with Crippen LogP contribution >= 0.6 is 0 Å². The van der Waals surface area contributed by atoms with Crippen molar-refractivity contribution in [2.75, 3.05) is 12.3 Å². The molecule has 2 nitrogen and oxygen atoms in total. The lowest BCUT2D eigenvalue weighted by Gasteiger charge is -2.25. The van der Waals surface area contributed by atoms with Gasteiger partial charge in [0.1, 0.15) is 0 Å². The van der Waals surface area contributed by atoms with E-state index in [1.54, 1.807) is 0 Å². The fourth-order valence-electron chi connectivity index (χ4n) is 2.04. The largest absolute Gasteiger partial charge is 0.309 e. The van der Waals surface area contributed by atoms with E-state index in [4.69, 9.17) is 0 Å².